The maximum absolute atomic E-state index is 3.70. The lowest BCUT2D eigenvalue weighted by atomic mass is 10.1. The highest BCUT2D eigenvalue weighted by Gasteiger charge is 2.17. The molecule has 0 bridgehead atoms. The summed E-state index contributed by atoms with van der Waals surface area (Å²) in [6, 6.07) is 10.1. The van der Waals surface area contributed by atoms with Crippen molar-refractivity contribution in [1.29, 1.82) is 0 Å². The molecule has 0 aromatic heterocycles. The third-order valence-electron chi connectivity index (χ3n) is 3.03. The van der Waals surface area contributed by atoms with Crippen molar-refractivity contribution in [2.24, 2.45) is 0 Å². The minimum atomic E-state index is 0.472. The van der Waals surface area contributed by atoms with Gasteiger partial charge >= 0.3 is 0 Å². The first kappa shape index (κ1) is 12.3. The van der Waals surface area contributed by atoms with E-state index < -0.39 is 0 Å². The molecule has 0 amide bonds. The van der Waals surface area contributed by atoms with Gasteiger partial charge in [-0.25, -0.2) is 0 Å². The fraction of sp³-hybridized carbons (Fsp3) is 0.538. The van der Waals surface area contributed by atoms with Crippen molar-refractivity contribution in [1.82, 2.24) is 5.32 Å². The van der Waals surface area contributed by atoms with E-state index >= 15 is 0 Å². The fourth-order valence-electron chi connectivity index (χ4n) is 2.01. The molecule has 1 fully saturated rings. The van der Waals surface area contributed by atoms with Gasteiger partial charge in [-0.3, -0.25) is 0 Å². The van der Waals surface area contributed by atoms with Crippen LogP contribution >= 0.6 is 23.5 Å². The molecule has 1 N–H and O–H groups in total. The average Bonchev–Trinajstić information content (AvgIpc) is 2.82. The Bertz CT molecular complexity index is 317. The van der Waals surface area contributed by atoms with Gasteiger partial charge in [0.05, 0.1) is 0 Å². The Labute approximate surface area is 107 Å². The van der Waals surface area contributed by atoms with E-state index in [0.29, 0.717) is 12.1 Å². The number of hydrogen-bond donors (Lipinski definition) is 1. The number of thioether (sulfide) groups is 2. The topological polar surface area (TPSA) is 12.0 Å². The van der Waals surface area contributed by atoms with Crippen molar-refractivity contribution in [2.45, 2.75) is 30.3 Å². The number of hydrogen-bond acceptors (Lipinski definition) is 3. The van der Waals surface area contributed by atoms with Crippen LogP contribution in [0.2, 0.25) is 0 Å². The highest BCUT2D eigenvalue weighted by atomic mass is 32.2. The second kappa shape index (κ2) is 5.99. The average molecular weight is 253 g/mol. The Morgan fingerprint density at radius 3 is 2.69 bits per heavy atom. The molecule has 1 heterocycles. The molecular weight excluding hydrogens is 234 g/mol. The van der Waals surface area contributed by atoms with E-state index in [9.17, 15) is 0 Å². The zero-order chi connectivity index (χ0) is 11.4. The minimum absolute atomic E-state index is 0.472. The lowest BCUT2D eigenvalue weighted by Gasteiger charge is -2.19. The van der Waals surface area contributed by atoms with Gasteiger partial charge in [0, 0.05) is 22.7 Å². The molecule has 1 aliphatic rings. The highest BCUT2D eigenvalue weighted by molar-refractivity contribution is 7.99. The summed E-state index contributed by atoms with van der Waals surface area (Å²) < 4.78 is 0. The second-order valence-electron chi connectivity index (χ2n) is 4.22. The number of nitrogens with one attached hydrogen (secondary N) is 1. The van der Waals surface area contributed by atoms with E-state index in [2.05, 4.69) is 54.5 Å². The second-order valence-corrected chi connectivity index (χ2v) is 6.25. The molecule has 1 nitrogen and oxygen atoms in total. The SMILES string of the molecule is CSc1ccc(C(C)NC2CCSC2)cc1. The predicted octanol–water partition coefficient (Wildman–Crippen LogP) is 3.56. The van der Waals surface area contributed by atoms with Crippen LogP contribution in [-0.4, -0.2) is 23.8 Å². The molecule has 2 unspecified atom stereocenters. The normalized spacial score (nSPS) is 22.2. The third kappa shape index (κ3) is 3.19. The molecular formula is C13H19NS2. The minimum Gasteiger partial charge on any atom is -0.307 e. The van der Waals surface area contributed by atoms with Crippen molar-refractivity contribution in [3.8, 4) is 0 Å². The zero-order valence-electron chi connectivity index (χ0n) is 9.90. The standard InChI is InChI=1S/C13H19NS2/c1-10(14-12-7-8-16-9-12)11-3-5-13(15-2)6-4-11/h3-6,10,12,14H,7-9H2,1-2H3. The molecule has 0 saturated carbocycles. The van der Waals surface area contributed by atoms with Crippen molar-refractivity contribution < 1.29 is 0 Å². The van der Waals surface area contributed by atoms with E-state index in [1.54, 1.807) is 11.8 Å². The van der Waals surface area contributed by atoms with Gasteiger partial charge < -0.3 is 5.32 Å². The molecule has 1 aromatic carbocycles. The molecule has 3 heteroatoms. The van der Waals surface area contributed by atoms with Gasteiger partial charge in [0.15, 0.2) is 0 Å². The van der Waals surface area contributed by atoms with Crippen LogP contribution in [0.1, 0.15) is 24.9 Å². The molecule has 0 spiro atoms. The fourth-order valence-corrected chi connectivity index (χ4v) is 3.58. The van der Waals surface area contributed by atoms with Gasteiger partial charge in [-0.1, -0.05) is 12.1 Å². The molecule has 16 heavy (non-hydrogen) atoms. The largest absolute Gasteiger partial charge is 0.307 e. The summed E-state index contributed by atoms with van der Waals surface area (Å²) in [5.41, 5.74) is 1.40. The van der Waals surface area contributed by atoms with Crippen LogP contribution in [0.25, 0.3) is 0 Å². The smallest absolute Gasteiger partial charge is 0.0294 e. The first-order valence-corrected chi connectivity index (χ1v) is 8.15. The zero-order valence-corrected chi connectivity index (χ0v) is 11.5. The maximum atomic E-state index is 3.70. The van der Waals surface area contributed by atoms with Crippen molar-refractivity contribution in [2.75, 3.05) is 17.8 Å². The number of benzene rings is 1. The Hall–Kier alpha value is -0.120. The third-order valence-corrected chi connectivity index (χ3v) is 4.94. The molecule has 1 aromatic rings. The molecule has 1 saturated heterocycles. The van der Waals surface area contributed by atoms with E-state index in [0.717, 1.165) is 0 Å². The summed E-state index contributed by atoms with van der Waals surface area (Å²) in [5, 5.41) is 3.70. The van der Waals surface area contributed by atoms with Gasteiger partial charge in [-0.15, -0.1) is 11.8 Å². The van der Waals surface area contributed by atoms with Crippen LogP contribution in [0.5, 0.6) is 0 Å². The predicted molar refractivity (Wildman–Crippen MR) is 75.5 cm³/mol. The summed E-state index contributed by atoms with van der Waals surface area (Å²) >= 11 is 3.86. The lowest BCUT2D eigenvalue weighted by Crippen LogP contribution is -2.31. The molecule has 88 valence electrons. The van der Waals surface area contributed by atoms with Crippen LogP contribution in [-0.2, 0) is 0 Å². The summed E-state index contributed by atoms with van der Waals surface area (Å²) in [6.45, 7) is 2.26. The molecule has 2 rings (SSSR count). The van der Waals surface area contributed by atoms with Gasteiger partial charge in [0.25, 0.3) is 0 Å². The van der Waals surface area contributed by atoms with Crippen LogP contribution in [0.3, 0.4) is 0 Å². The quantitative estimate of drug-likeness (QED) is 0.824. The lowest BCUT2D eigenvalue weighted by molar-refractivity contribution is 0.486. The van der Waals surface area contributed by atoms with Crippen LogP contribution in [0, 0.1) is 0 Å². The summed E-state index contributed by atoms with van der Waals surface area (Å²) in [7, 11) is 0. The Kier molecular flexibility index (Phi) is 4.62. The van der Waals surface area contributed by atoms with Crippen LogP contribution in [0.4, 0.5) is 0 Å². The number of rotatable bonds is 4. The van der Waals surface area contributed by atoms with Gasteiger partial charge in [-0.05, 0) is 43.0 Å². The summed E-state index contributed by atoms with van der Waals surface area (Å²) in [4.78, 5) is 1.34. The van der Waals surface area contributed by atoms with Crippen molar-refractivity contribution in [3.63, 3.8) is 0 Å². The van der Waals surface area contributed by atoms with Crippen molar-refractivity contribution >= 4 is 23.5 Å². The first-order chi connectivity index (χ1) is 7.79. The van der Waals surface area contributed by atoms with Gasteiger partial charge in [0.1, 0.15) is 0 Å². The highest BCUT2D eigenvalue weighted by Crippen LogP contribution is 2.22. The van der Waals surface area contributed by atoms with E-state index in [-0.39, 0.29) is 0 Å². The van der Waals surface area contributed by atoms with Crippen molar-refractivity contribution in [3.05, 3.63) is 29.8 Å². The Balaban J connectivity index is 1.94. The first-order valence-electron chi connectivity index (χ1n) is 5.77. The maximum Gasteiger partial charge on any atom is 0.0294 e. The van der Waals surface area contributed by atoms with Gasteiger partial charge in [0.2, 0.25) is 0 Å². The van der Waals surface area contributed by atoms with Crippen LogP contribution < -0.4 is 5.32 Å². The van der Waals surface area contributed by atoms with Crippen LogP contribution in [0.15, 0.2) is 29.2 Å². The molecule has 2 atom stereocenters. The summed E-state index contributed by atoms with van der Waals surface area (Å²) in [5.74, 6) is 2.59. The Morgan fingerprint density at radius 2 is 2.12 bits per heavy atom. The monoisotopic (exact) mass is 253 g/mol. The molecule has 0 aliphatic carbocycles. The van der Waals surface area contributed by atoms with E-state index in [1.165, 1.54) is 28.4 Å². The molecule has 0 radical (unpaired) electrons. The van der Waals surface area contributed by atoms with E-state index in [4.69, 9.17) is 0 Å². The summed E-state index contributed by atoms with van der Waals surface area (Å²) in [6.07, 6.45) is 3.43. The molecule has 1 aliphatic heterocycles. The van der Waals surface area contributed by atoms with Gasteiger partial charge in [-0.2, -0.15) is 11.8 Å². The van der Waals surface area contributed by atoms with E-state index in [1.807, 2.05) is 0 Å². The Morgan fingerprint density at radius 1 is 1.38 bits per heavy atom.